The van der Waals surface area contributed by atoms with Gasteiger partial charge in [0.2, 0.25) is 5.78 Å². The molecule has 1 aliphatic rings. The Labute approximate surface area is 178 Å². The molecule has 1 aromatic rings. The quantitative estimate of drug-likeness (QED) is 0.177. The van der Waals surface area contributed by atoms with Crippen LogP contribution in [0.4, 0.5) is 0 Å². The summed E-state index contributed by atoms with van der Waals surface area (Å²) in [4.78, 5) is 14.8. The second-order valence-corrected chi connectivity index (χ2v) is 7.26. The minimum atomic E-state index is -0.224. The van der Waals surface area contributed by atoms with Gasteiger partial charge in [0.15, 0.2) is 5.11 Å². The van der Waals surface area contributed by atoms with Gasteiger partial charge in [0, 0.05) is 26.2 Å². The van der Waals surface area contributed by atoms with E-state index in [0.29, 0.717) is 29.6 Å². The molecule has 0 aliphatic carbocycles. The van der Waals surface area contributed by atoms with E-state index in [0.717, 1.165) is 45.7 Å². The zero-order valence-corrected chi connectivity index (χ0v) is 18.0. The van der Waals surface area contributed by atoms with E-state index in [2.05, 4.69) is 27.7 Å². The van der Waals surface area contributed by atoms with Crippen molar-refractivity contribution in [2.24, 2.45) is 5.10 Å². The zero-order chi connectivity index (χ0) is 20.7. The monoisotopic (exact) mass is 420 g/mol. The average molecular weight is 421 g/mol. The second kappa shape index (κ2) is 14.0. The van der Waals surface area contributed by atoms with Crippen LogP contribution in [0.5, 0.6) is 5.75 Å². The number of carbonyl (C=O) groups is 1. The van der Waals surface area contributed by atoms with E-state index in [-0.39, 0.29) is 5.78 Å². The van der Waals surface area contributed by atoms with E-state index < -0.39 is 0 Å². The molecular formula is C21H32N4O3S. The van der Waals surface area contributed by atoms with Crippen LogP contribution in [-0.2, 0) is 4.74 Å². The topological polar surface area (TPSA) is 75.2 Å². The molecule has 1 aromatic carbocycles. The lowest BCUT2D eigenvalue weighted by atomic mass is 10.1. The van der Waals surface area contributed by atoms with Gasteiger partial charge in [-0.25, -0.2) is 0 Å². The lowest BCUT2D eigenvalue weighted by Gasteiger charge is -2.26. The molecule has 8 heteroatoms. The summed E-state index contributed by atoms with van der Waals surface area (Å²) in [6.45, 7) is 7.81. The minimum Gasteiger partial charge on any atom is -0.493 e. The van der Waals surface area contributed by atoms with Crippen LogP contribution in [0.3, 0.4) is 0 Å². The van der Waals surface area contributed by atoms with Crippen LogP contribution in [0.25, 0.3) is 0 Å². The van der Waals surface area contributed by atoms with Crippen molar-refractivity contribution in [3.8, 4) is 5.75 Å². The second-order valence-electron chi connectivity index (χ2n) is 6.85. The fourth-order valence-corrected chi connectivity index (χ4v) is 3.07. The maximum Gasteiger partial charge on any atom is 0.209 e. The number of ketones is 1. The maximum atomic E-state index is 12.5. The van der Waals surface area contributed by atoms with Crippen LogP contribution in [0.1, 0.15) is 43.0 Å². The number of nitrogens with one attached hydrogen (secondary N) is 2. The number of Topliss-reactive ketones (excluding diaryl/α,β-unsaturated/α-hetero) is 1. The first-order chi connectivity index (χ1) is 14.2. The van der Waals surface area contributed by atoms with E-state index >= 15 is 0 Å². The number of unbranched alkanes of at least 4 members (excludes halogenated alkanes) is 3. The van der Waals surface area contributed by atoms with Crippen LogP contribution in [0, 0.1) is 0 Å². The summed E-state index contributed by atoms with van der Waals surface area (Å²) >= 11 is 5.19. The Hall–Kier alpha value is -2.03. The molecule has 2 N–H and O–H groups in total. The third kappa shape index (κ3) is 9.34. The SMILES string of the molecule is CCCCCCOc1ccccc1C(=O)/C=N/NC(=S)NCCN1CCOCC1. The van der Waals surface area contributed by atoms with Crippen LogP contribution >= 0.6 is 12.2 Å². The number of para-hydroxylation sites is 1. The number of hydrogen-bond acceptors (Lipinski definition) is 6. The first-order valence-electron chi connectivity index (χ1n) is 10.3. The van der Waals surface area contributed by atoms with Gasteiger partial charge < -0.3 is 14.8 Å². The number of nitrogens with zero attached hydrogens (tertiary/aromatic N) is 2. The van der Waals surface area contributed by atoms with Crippen molar-refractivity contribution in [1.29, 1.82) is 0 Å². The molecule has 0 saturated carbocycles. The molecule has 0 bridgehead atoms. The number of hydrazone groups is 1. The predicted molar refractivity (Wildman–Crippen MR) is 120 cm³/mol. The molecule has 0 unspecified atom stereocenters. The molecule has 7 nitrogen and oxygen atoms in total. The summed E-state index contributed by atoms with van der Waals surface area (Å²) in [5.41, 5.74) is 3.19. The lowest BCUT2D eigenvalue weighted by molar-refractivity contribution is 0.0389. The third-order valence-electron chi connectivity index (χ3n) is 4.57. The standard InChI is InChI=1S/C21H32N4O3S/c1-2-3-4-7-14-28-20-9-6-5-8-18(20)19(26)17-23-24-21(29)22-10-11-25-12-15-27-16-13-25/h5-6,8-9,17H,2-4,7,10-16H2,1H3,(H2,22,24,29)/b23-17+. The number of carbonyl (C=O) groups excluding carboxylic acids is 1. The highest BCUT2D eigenvalue weighted by molar-refractivity contribution is 7.80. The van der Waals surface area contributed by atoms with E-state index in [9.17, 15) is 4.79 Å². The summed E-state index contributed by atoms with van der Waals surface area (Å²) in [5, 5.41) is 7.44. The number of thiocarbonyl (C=S) groups is 1. The Morgan fingerprint density at radius 1 is 1.28 bits per heavy atom. The van der Waals surface area contributed by atoms with Gasteiger partial charge in [0.25, 0.3) is 0 Å². The molecular weight excluding hydrogens is 388 g/mol. The number of benzene rings is 1. The summed E-state index contributed by atoms with van der Waals surface area (Å²) in [6, 6.07) is 7.23. The van der Waals surface area contributed by atoms with Gasteiger partial charge in [-0.2, -0.15) is 5.10 Å². The fourth-order valence-electron chi connectivity index (χ4n) is 2.92. The molecule has 160 valence electrons. The Balaban J connectivity index is 1.71. The molecule has 2 rings (SSSR count). The summed E-state index contributed by atoms with van der Waals surface area (Å²) in [7, 11) is 0. The smallest absolute Gasteiger partial charge is 0.209 e. The lowest BCUT2D eigenvalue weighted by Crippen LogP contribution is -2.42. The molecule has 0 atom stereocenters. The number of ether oxygens (including phenoxy) is 2. The largest absolute Gasteiger partial charge is 0.493 e. The molecule has 1 fully saturated rings. The highest BCUT2D eigenvalue weighted by atomic mass is 32.1. The van der Waals surface area contributed by atoms with Crippen LogP contribution < -0.4 is 15.5 Å². The number of hydrogen-bond donors (Lipinski definition) is 2. The summed E-state index contributed by atoms with van der Waals surface area (Å²) in [5.74, 6) is 0.365. The van der Waals surface area contributed by atoms with E-state index in [1.165, 1.54) is 19.1 Å². The Kier molecular flexibility index (Phi) is 11.3. The Morgan fingerprint density at radius 2 is 2.07 bits per heavy atom. The zero-order valence-electron chi connectivity index (χ0n) is 17.2. The molecule has 29 heavy (non-hydrogen) atoms. The van der Waals surface area contributed by atoms with Crippen molar-refractivity contribution in [2.45, 2.75) is 32.6 Å². The Bertz CT molecular complexity index is 663. The predicted octanol–water partition coefficient (Wildman–Crippen LogP) is 2.61. The van der Waals surface area contributed by atoms with Gasteiger partial charge in [-0.05, 0) is 30.8 Å². The van der Waals surface area contributed by atoms with Crippen LogP contribution in [-0.4, -0.2) is 68.0 Å². The van der Waals surface area contributed by atoms with E-state index in [4.69, 9.17) is 21.7 Å². The molecule has 1 aliphatic heterocycles. The van der Waals surface area contributed by atoms with Crippen molar-refractivity contribution in [3.05, 3.63) is 29.8 Å². The Morgan fingerprint density at radius 3 is 2.86 bits per heavy atom. The van der Waals surface area contributed by atoms with Crippen LogP contribution in [0.15, 0.2) is 29.4 Å². The average Bonchev–Trinajstić information content (AvgIpc) is 2.74. The fraction of sp³-hybridized carbons (Fsp3) is 0.571. The van der Waals surface area contributed by atoms with Gasteiger partial charge in [-0.15, -0.1) is 0 Å². The summed E-state index contributed by atoms with van der Waals surface area (Å²) < 4.78 is 11.1. The van der Waals surface area contributed by atoms with Gasteiger partial charge in [0.05, 0.1) is 31.6 Å². The minimum absolute atomic E-state index is 0.224. The molecule has 0 radical (unpaired) electrons. The third-order valence-corrected chi connectivity index (χ3v) is 4.81. The van der Waals surface area contributed by atoms with Crippen molar-refractivity contribution >= 4 is 29.3 Å². The number of morpholine rings is 1. The molecule has 0 aromatic heterocycles. The van der Waals surface area contributed by atoms with Gasteiger partial charge in [0.1, 0.15) is 5.75 Å². The van der Waals surface area contributed by atoms with E-state index in [1.807, 2.05) is 18.2 Å². The molecule has 1 saturated heterocycles. The van der Waals surface area contributed by atoms with Crippen molar-refractivity contribution < 1.29 is 14.3 Å². The van der Waals surface area contributed by atoms with Crippen molar-refractivity contribution in [2.75, 3.05) is 46.0 Å². The van der Waals surface area contributed by atoms with Gasteiger partial charge in [-0.1, -0.05) is 38.3 Å². The summed E-state index contributed by atoms with van der Waals surface area (Å²) in [6.07, 6.45) is 5.73. The van der Waals surface area contributed by atoms with Gasteiger partial charge in [-0.3, -0.25) is 15.1 Å². The highest BCUT2D eigenvalue weighted by Crippen LogP contribution is 2.18. The molecule has 0 amide bonds. The first-order valence-corrected chi connectivity index (χ1v) is 10.7. The van der Waals surface area contributed by atoms with Gasteiger partial charge >= 0.3 is 0 Å². The van der Waals surface area contributed by atoms with Crippen LogP contribution in [0.2, 0.25) is 0 Å². The van der Waals surface area contributed by atoms with E-state index in [1.54, 1.807) is 6.07 Å². The normalized spacial score (nSPS) is 14.7. The maximum absolute atomic E-state index is 12.5. The first kappa shape index (κ1) is 23.3. The van der Waals surface area contributed by atoms with Crippen molar-refractivity contribution in [3.63, 3.8) is 0 Å². The van der Waals surface area contributed by atoms with Crippen molar-refractivity contribution in [1.82, 2.24) is 15.6 Å². The molecule has 0 spiro atoms. The number of rotatable bonds is 12. The highest BCUT2D eigenvalue weighted by Gasteiger charge is 2.11. The molecule has 1 heterocycles.